The zero-order valence-corrected chi connectivity index (χ0v) is 21.1. The summed E-state index contributed by atoms with van der Waals surface area (Å²) in [6.45, 7) is 4.23. The molecule has 1 fully saturated rings. The fourth-order valence-electron chi connectivity index (χ4n) is 4.94. The summed E-state index contributed by atoms with van der Waals surface area (Å²) in [6.07, 6.45) is 4.80. The van der Waals surface area contributed by atoms with Gasteiger partial charge in [0.05, 0.1) is 10.9 Å². The van der Waals surface area contributed by atoms with Crippen molar-refractivity contribution >= 4 is 28.4 Å². The van der Waals surface area contributed by atoms with Crippen molar-refractivity contribution in [1.82, 2.24) is 24.1 Å². The van der Waals surface area contributed by atoms with Crippen LogP contribution in [0, 0.1) is 5.92 Å². The lowest BCUT2D eigenvalue weighted by molar-refractivity contribution is 0.0936. The van der Waals surface area contributed by atoms with Gasteiger partial charge in [-0.15, -0.1) is 5.10 Å². The number of hydrogen-bond acceptors (Lipinski definition) is 5. The molecule has 1 saturated carbocycles. The van der Waals surface area contributed by atoms with Crippen molar-refractivity contribution in [2.45, 2.75) is 65.1 Å². The average Bonchev–Trinajstić information content (AvgIpc) is 3.52. The molecule has 192 valence electrons. The predicted molar refractivity (Wildman–Crippen MR) is 141 cm³/mol. The highest BCUT2D eigenvalue weighted by Gasteiger charge is 2.22. The summed E-state index contributed by atoms with van der Waals surface area (Å²) in [6, 6.07) is 13.7. The summed E-state index contributed by atoms with van der Waals surface area (Å²) in [5, 5.41) is 7.81. The minimum absolute atomic E-state index is 0.140. The van der Waals surface area contributed by atoms with Crippen LogP contribution in [0.2, 0.25) is 0 Å². The van der Waals surface area contributed by atoms with Gasteiger partial charge in [0.15, 0.2) is 5.78 Å². The van der Waals surface area contributed by atoms with Gasteiger partial charge in [-0.25, -0.2) is 13.9 Å². The molecule has 1 aliphatic rings. The van der Waals surface area contributed by atoms with Crippen LogP contribution in [0.15, 0.2) is 58.1 Å². The first-order chi connectivity index (χ1) is 17.8. The zero-order chi connectivity index (χ0) is 26.1. The summed E-state index contributed by atoms with van der Waals surface area (Å²) >= 11 is 0. The van der Waals surface area contributed by atoms with Crippen LogP contribution in [0.5, 0.6) is 0 Å². The second-order valence-corrected chi connectivity index (χ2v) is 10.2. The molecule has 0 unspecified atom stereocenters. The van der Waals surface area contributed by atoms with E-state index < -0.39 is 5.69 Å². The van der Waals surface area contributed by atoms with Gasteiger partial charge < -0.3 is 5.32 Å². The van der Waals surface area contributed by atoms with Crippen molar-refractivity contribution in [3.05, 3.63) is 80.5 Å². The van der Waals surface area contributed by atoms with E-state index in [1.54, 1.807) is 42.5 Å². The molecule has 5 rings (SSSR count). The highest BCUT2D eigenvalue weighted by molar-refractivity contribution is 5.98. The normalized spacial score (nSPS) is 14.1. The van der Waals surface area contributed by atoms with Crippen LogP contribution < -0.4 is 16.6 Å². The highest BCUT2D eigenvalue weighted by Crippen LogP contribution is 2.19. The Kier molecular flexibility index (Phi) is 6.78. The second kappa shape index (κ2) is 10.2. The molecule has 2 aromatic carbocycles. The van der Waals surface area contributed by atoms with E-state index in [2.05, 4.69) is 24.3 Å². The number of hydrogen-bond donors (Lipinski definition) is 1. The molecular formula is C28H31N5O4. The van der Waals surface area contributed by atoms with Gasteiger partial charge in [0, 0.05) is 23.7 Å². The van der Waals surface area contributed by atoms with E-state index in [4.69, 9.17) is 0 Å². The van der Waals surface area contributed by atoms with Crippen LogP contribution in [-0.4, -0.2) is 36.5 Å². The van der Waals surface area contributed by atoms with Crippen molar-refractivity contribution in [2.75, 3.05) is 0 Å². The Morgan fingerprint density at radius 2 is 1.76 bits per heavy atom. The Morgan fingerprint density at radius 3 is 2.46 bits per heavy atom. The quantitative estimate of drug-likeness (QED) is 0.372. The lowest BCUT2D eigenvalue weighted by Crippen LogP contribution is -2.33. The lowest BCUT2D eigenvalue weighted by atomic mass is 10.1. The van der Waals surface area contributed by atoms with Gasteiger partial charge in [0.2, 0.25) is 5.78 Å². The van der Waals surface area contributed by atoms with Gasteiger partial charge in [0.1, 0.15) is 6.54 Å². The number of aryl methyl sites for hydroxylation is 1. The van der Waals surface area contributed by atoms with Gasteiger partial charge in [-0.2, -0.15) is 0 Å². The summed E-state index contributed by atoms with van der Waals surface area (Å²) in [5.74, 6) is 0.00360. The van der Waals surface area contributed by atoms with Crippen molar-refractivity contribution in [1.29, 1.82) is 0 Å². The number of carbonyl (C=O) groups excluding carboxylic acids is 2. The van der Waals surface area contributed by atoms with Gasteiger partial charge >= 0.3 is 5.69 Å². The Morgan fingerprint density at radius 1 is 1.03 bits per heavy atom. The molecule has 0 saturated heterocycles. The molecular weight excluding hydrogens is 470 g/mol. The van der Waals surface area contributed by atoms with E-state index in [0.29, 0.717) is 40.9 Å². The van der Waals surface area contributed by atoms with E-state index >= 15 is 0 Å². The van der Waals surface area contributed by atoms with E-state index in [0.717, 1.165) is 30.4 Å². The Bertz CT molecular complexity index is 1590. The van der Waals surface area contributed by atoms with Crippen LogP contribution in [0.1, 0.15) is 66.7 Å². The average molecular weight is 502 g/mol. The van der Waals surface area contributed by atoms with E-state index in [-0.39, 0.29) is 35.6 Å². The van der Waals surface area contributed by atoms with Gasteiger partial charge in [-0.05, 0) is 43.4 Å². The van der Waals surface area contributed by atoms with E-state index in [1.807, 2.05) is 6.07 Å². The largest absolute Gasteiger partial charge is 0.352 e. The Labute approximate surface area is 213 Å². The van der Waals surface area contributed by atoms with Gasteiger partial charge in [-0.3, -0.25) is 19.0 Å². The molecule has 0 aliphatic heterocycles. The van der Waals surface area contributed by atoms with Gasteiger partial charge in [-0.1, -0.05) is 57.0 Å². The third-order valence-corrected chi connectivity index (χ3v) is 7.05. The molecule has 1 amide bonds. The number of aromatic nitrogens is 4. The monoisotopic (exact) mass is 501 g/mol. The second-order valence-electron chi connectivity index (χ2n) is 10.2. The molecule has 2 aromatic heterocycles. The zero-order valence-electron chi connectivity index (χ0n) is 21.1. The van der Waals surface area contributed by atoms with Crippen LogP contribution in [-0.2, 0) is 13.1 Å². The first-order valence-electron chi connectivity index (χ1n) is 12.9. The number of carbonyl (C=O) groups is 2. The lowest BCUT2D eigenvalue weighted by Gasteiger charge is -2.14. The molecule has 37 heavy (non-hydrogen) atoms. The first kappa shape index (κ1) is 24.7. The fourth-order valence-corrected chi connectivity index (χ4v) is 4.94. The first-order valence-corrected chi connectivity index (χ1v) is 12.9. The molecule has 0 atom stereocenters. The number of rotatable bonds is 8. The van der Waals surface area contributed by atoms with Crippen LogP contribution >= 0.6 is 0 Å². The van der Waals surface area contributed by atoms with Crippen LogP contribution in [0.3, 0.4) is 0 Å². The summed E-state index contributed by atoms with van der Waals surface area (Å²) < 4.78 is 3.94. The number of nitrogens with one attached hydrogen (secondary N) is 1. The van der Waals surface area contributed by atoms with Crippen LogP contribution in [0.4, 0.5) is 0 Å². The number of nitrogens with zero attached hydrogens (tertiary/aromatic N) is 4. The number of ketones is 1. The fraction of sp³-hybridized carbons (Fsp3) is 0.393. The maximum absolute atomic E-state index is 13.6. The number of fused-ring (bicyclic) bond motifs is 3. The number of Topliss-reactive ketones (excluding diaryl/α,β-unsaturated/α-hetero) is 1. The highest BCUT2D eigenvalue weighted by atomic mass is 16.2. The van der Waals surface area contributed by atoms with Crippen molar-refractivity contribution in [3.63, 3.8) is 0 Å². The number of amides is 1. The molecule has 9 nitrogen and oxygen atoms in total. The van der Waals surface area contributed by atoms with Gasteiger partial charge in [0.25, 0.3) is 11.5 Å². The molecule has 1 N–H and O–H groups in total. The Hall–Kier alpha value is -4.01. The molecule has 4 aromatic rings. The molecule has 0 bridgehead atoms. The van der Waals surface area contributed by atoms with Crippen LogP contribution in [0.25, 0.3) is 16.7 Å². The third-order valence-electron chi connectivity index (χ3n) is 7.05. The minimum Gasteiger partial charge on any atom is -0.349 e. The maximum atomic E-state index is 13.6. The minimum atomic E-state index is -0.532. The number of benzene rings is 2. The predicted octanol–water partition coefficient (Wildman–Crippen LogP) is 3.41. The third kappa shape index (κ3) is 4.85. The SMILES string of the molecule is CC(C)CCn1c(=O)c2ccc(C(=O)NC3CCCC3)cc2n2c(=O)n(CC(=O)c3ccccc3)nc12. The smallest absolute Gasteiger partial charge is 0.349 e. The van der Waals surface area contributed by atoms with Crippen molar-refractivity contribution < 1.29 is 9.59 Å². The van der Waals surface area contributed by atoms with E-state index in [9.17, 15) is 19.2 Å². The summed E-state index contributed by atoms with van der Waals surface area (Å²) in [4.78, 5) is 52.9. The Balaban J connectivity index is 1.64. The standard InChI is InChI=1S/C28H31N5O4/c1-18(2)14-15-31-26(36)22-13-12-20(25(35)29-21-10-6-7-11-21)16-23(22)33-27(31)30-32(28(33)37)17-24(34)19-8-4-3-5-9-19/h3-5,8-9,12-13,16,18,21H,6-7,10-11,14-15,17H2,1-2H3,(H,29,35). The molecule has 0 spiro atoms. The summed E-state index contributed by atoms with van der Waals surface area (Å²) in [7, 11) is 0. The summed E-state index contributed by atoms with van der Waals surface area (Å²) in [5.41, 5.74) is 0.344. The molecule has 2 heterocycles. The van der Waals surface area contributed by atoms with Crippen molar-refractivity contribution in [3.8, 4) is 0 Å². The maximum Gasteiger partial charge on any atom is 0.352 e. The van der Waals surface area contributed by atoms with E-state index in [1.165, 1.54) is 8.97 Å². The topological polar surface area (TPSA) is 107 Å². The van der Waals surface area contributed by atoms with Crippen molar-refractivity contribution in [2.24, 2.45) is 5.92 Å². The molecule has 9 heteroatoms. The molecule has 0 radical (unpaired) electrons. The molecule has 1 aliphatic carbocycles.